The van der Waals surface area contributed by atoms with E-state index in [1.165, 1.54) is 6.20 Å². The van der Waals surface area contributed by atoms with Gasteiger partial charge in [-0.1, -0.05) is 12.8 Å². The Kier molecular flexibility index (Phi) is 4.31. The van der Waals surface area contributed by atoms with E-state index in [0.717, 1.165) is 32.1 Å². The molecule has 0 saturated heterocycles. The molecule has 19 heavy (non-hydrogen) atoms. The van der Waals surface area contributed by atoms with Crippen molar-refractivity contribution in [2.75, 3.05) is 0 Å². The minimum Gasteiger partial charge on any atom is -0.468 e. The molecule has 0 aliphatic heterocycles. The number of nitro groups is 1. The summed E-state index contributed by atoms with van der Waals surface area (Å²) in [7, 11) is 0. The monoisotopic (exact) mass is 265 g/mol. The molecule has 104 valence electrons. The maximum absolute atomic E-state index is 11.1. The van der Waals surface area contributed by atoms with Crippen LogP contribution in [0.15, 0.2) is 12.3 Å². The van der Waals surface area contributed by atoms with Gasteiger partial charge in [-0.25, -0.2) is 4.98 Å². The van der Waals surface area contributed by atoms with Crippen LogP contribution in [0.4, 0.5) is 5.69 Å². The third-order valence-corrected chi connectivity index (χ3v) is 3.54. The minimum atomic E-state index is -0.445. The molecule has 0 aromatic carbocycles. The maximum atomic E-state index is 11.1. The summed E-state index contributed by atoms with van der Waals surface area (Å²) in [6, 6.07) is 1.53. The fraction of sp³-hybridized carbons (Fsp3) is 0.615. The summed E-state index contributed by atoms with van der Waals surface area (Å²) < 4.78 is 5.74. The molecular formula is C13H19N3O3. The van der Waals surface area contributed by atoms with Crippen molar-refractivity contribution in [2.24, 2.45) is 5.73 Å². The van der Waals surface area contributed by atoms with Gasteiger partial charge in [0.25, 0.3) is 5.88 Å². The van der Waals surface area contributed by atoms with E-state index in [-0.39, 0.29) is 23.7 Å². The second-order valence-corrected chi connectivity index (χ2v) is 5.00. The van der Waals surface area contributed by atoms with Crippen molar-refractivity contribution in [1.82, 2.24) is 4.98 Å². The highest BCUT2D eigenvalue weighted by Gasteiger charge is 2.27. The van der Waals surface area contributed by atoms with Crippen molar-refractivity contribution >= 4 is 5.69 Å². The van der Waals surface area contributed by atoms with E-state index < -0.39 is 4.92 Å². The third kappa shape index (κ3) is 3.20. The molecule has 1 aliphatic rings. The molecule has 1 saturated carbocycles. The Morgan fingerprint density at radius 1 is 1.42 bits per heavy atom. The first-order chi connectivity index (χ1) is 9.09. The fourth-order valence-electron chi connectivity index (χ4n) is 2.43. The van der Waals surface area contributed by atoms with Gasteiger partial charge in [-0.05, 0) is 32.3 Å². The number of hydrogen-bond donors (Lipinski definition) is 1. The number of aromatic nitrogens is 1. The number of aryl methyl sites for hydroxylation is 1. The number of hydrogen-bond acceptors (Lipinski definition) is 5. The summed E-state index contributed by atoms with van der Waals surface area (Å²) in [4.78, 5) is 14.6. The summed E-state index contributed by atoms with van der Waals surface area (Å²) in [5.41, 5.74) is 6.56. The van der Waals surface area contributed by atoms with Crippen LogP contribution < -0.4 is 10.5 Å². The van der Waals surface area contributed by atoms with E-state index in [4.69, 9.17) is 10.5 Å². The summed E-state index contributed by atoms with van der Waals surface area (Å²) in [5, 5.41) is 11.1. The molecule has 1 aliphatic carbocycles. The number of nitrogens with two attached hydrogens (primary N) is 1. The second kappa shape index (κ2) is 5.97. The van der Waals surface area contributed by atoms with Gasteiger partial charge in [0.05, 0.1) is 4.92 Å². The van der Waals surface area contributed by atoms with Crippen molar-refractivity contribution in [3.8, 4) is 5.88 Å². The minimum absolute atomic E-state index is 0.0565. The third-order valence-electron chi connectivity index (χ3n) is 3.54. The van der Waals surface area contributed by atoms with Gasteiger partial charge in [0.1, 0.15) is 6.10 Å². The van der Waals surface area contributed by atoms with Crippen molar-refractivity contribution in [3.63, 3.8) is 0 Å². The van der Waals surface area contributed by atoms with Gasteiger partial charge in [0, 0.05) is 17.8 Å². The fourth-order valence-corrected chi connectivity index (χ4v) is 2.43. The van der Waals surface area contributed by atoms with Gasteiger partial charge in [-0.3, -0.25) is 10.1 Å². The average Bonchev–Trinajstić information content (AvgIpc) is 2.54. The van der Waals surface area contributed by atoms with E-state index in [2.05, 4.69) is 4.98 Å². The summed E-state index contributed by atoms with van der Waals surface area (Å²) >= 11 is 0. The van der Waals surface area contributed by atoms with Crippen LogP contribution in [0, 0.1) is 17.0 Å². The molecule has 1 heterocycles. The van der Waals surface area contributed by atoms with Crippen LogP contribution in [-0.4, -0.2) is 22.1 Å². The average molecular weight is 265 g/mol. The van der Waals surface area contributed by atoms with Crippen LogP contribution in [-0.2, 0) is 0 Å². The van der Waals surface area contributed by atoms with Crippen LogP contribution in [0.3, 0.4) is 0 Å². The molecule has 2 N–H and O–H groups in total. The Balaban J connectivity index is 2.22. The van der Waals surface area contributed by atoms with Crippen LogP contribution in [0.5, 0.6) is 5.88 Å². The van der Waals surface area contributed by atoms with Gasteiger partial charge >= 0.3 is 5.69 Å². The highest BCUT2D eigenvalue weighted by Crippen LogP contribution is 2.30. The smallest absolute Gasteiger partial charge is 0.333 e. The van der Waals surface area contributed by atoms with Crippen molar-refractivity contribution in [1.29, 1.82) is 0 Å². The lowest BCUT2D eigenvalue weighted by molar-refractivity contribution is -0.387. The SMILES string of the molecule is Cc1ccnc(OC2CCCCCC2N)c1[N+](=O)[O-]. The summed E-state index contributed by atoms with van der Waals surface area (Å²) in [6.45, 7) is 1.68. The highest BCUT2D eigenvalue weighted by atomic mass is 16.6. The number of ether oxygens (including phenoxy) is 1. The van der Waals surface area contributed by atoms with E-state index in [0.29, 0.717) is 5.56 Å². The van der Waals surface area contributed by atoms with Crippen LogP contribution >= 0.6 is 0 Å². The Labute approximate surface area is 112 Å². The zero-order chi connectivity index (χ0) is 13.8. The molecule has 2 unspecified atom stereocenters. The van der Waals surface area contributed by atoms with Gasteiger partial charge < -0.3 is 10.5 Å². The molecule has 2 rings (SSSR count). The quantitative estimate of drug-likeness (QED) is 0.514. The molecule has 1 aromatic heterocycles. The largest absolute Gasteiger partial charge is 0.468 e. The van der Waals surface area contributed by atoms with E-state index in [1.807, 2.05) is 0 Å². The normalized spacial score (nSPS) is 23.7. The van der Waals surface area contributed by atoms with Gasteiger partial charge in [0.15, 0.2) is 0 Å². The molecule has 0 spiro atoms. The van der Waals surface area contributed by atoms with E-state index >= 15 is 0 Å². The van der Waals surface area contributed by atoms with Crippen LogP contribution in [0.25, 0.3) is 0 Å². The second-order valence-electron chi connectivity index (χ2n) is 5.00. The Morgan fingerprint density at radius 2 is 2.16 bits per heavy atom. The highest BCUT2D eigenvalue weighted by molar-refractivity contribution is 5.47. The summed E-state index contributed by atoms with van der Waals surface area (Å²) in [5.74, 6) is 0.0901. The first kappa shape index (κ1) is 13.7. The molecule has 0 radical (unpaired) electrons. The first-order valence-corrected chi connectivity index (χ1v) is 6.62. The number of nitrogens with zero attached hydrogens (tertiary/aromatic N) is 2. The van der Waals surface area contributed by atoms with Crippen LogP contribution in [0.2, 0.25) is 0 Å². The van der Waals surface area contributed by atoms with E-state index in [9.17, 15) is 10.1 Å². The molecule has 6 nitrogen and oxygen atoms in total. The summed E-state index contributed by atoms with van der Waals surface area (Å²) in [6.07, 6.45) is 6.33. The maximum Gasteiger partial charge on any atom is 0.333 e. The lowest BCUT2D eigenvalue weighted by Crippen LogP contribution is -2.38. The van der Waals surface area contributed by atoms with Crippen molar-refractivity contribution in [3.05, 3.63) is 27.9 Å². The molecular weight excluding hydrogens is 246 g/mol. The molecule has 1 fully saturated rings. The molecule has 0 bridgehead atoms. The van der Waals surface area contributed by atoms with Gasteiger partial charge in [-0.15, -0.1) is 0 Å². The van der Waals surface area contributed by atoms with Gasteiger partial charge in [-0.2, -0.15) is 0 Å². The molecule has 1 aromatic rings. The number of pyridine rings is 1. The van der Waals surface area contributed by atoms with Crippen molar-refractivity contribution < 1.29 is 9.66 Å². The Hall–Kier alpha value is -1.69. The Morgan fingerprint density at radius 3 is 2.89 bits per heavy atom. The molecule has 2 atom stereocenters. The van der Waals surface area contributed by atoms with Crippen molar-refractivity contribution in [2.45, 2.75) is 51.2 Å². The molecule has 6 heteroatoms. The van der Waals surface area contributed by atoms with Crippen LogP contribution in [0.1, 0.15) is 37.7 Å². The predicted molar refractivity (Wildman–Crippen MR) is 71.1 cm³/mol. The lowest BCUT2D eigenvalue weighted by Gasteiger charge is -2.22. The zero-order valence-electron chi connectivity index (χ0n) is 11.0. The Bertz CT molecular complexity index is 464. The molecule has 0 amide bonds. The predicted octanol–water partition coefficient (Wildman–Crippen LogP) is 2.34. The zero-order valence-corrected chi connectivity index (χ0v) is 11.0. The van der Waals surface area contributed by atoms with Gasteiger partial charge in [0.2, 0.25) is 0 Å². The number of rotatable bonds is 3. The van der Waals surface area contributed by atoms with E-state index in [1.54, 1.807) is 13.0 Å². The topological polar surface area (TPSA) is 91.3 Å². The standard InChI is InChI=1S/C13H19N3O3/c1-9-7-8-15-13(12(9)16(17)18)19-11-6-4-2-3-5-10(11)14/h7-8,10-11H,2-6,14H2,1H3. The first-order valence-electron chi connectivity index (χ1n) is 6.62. The lowest BCUT2D eigenvalue weighted by atomic mass is 10.1.